The van der Waals surface area contributed by atoms with Gasteiger partial charge in [0.25, 0.3) is 0 Å². The Hall–Kier alpha value is -1.35. The number of hydrogen-bond acceptors (Lipinski definition) is 2. The highest BCUT2D eigenvalue weighted by Gasteiger charge is 2.33. The number of anilines is 1. The van der Waals surface area contributed by atoms with E-state index in [-0.39, 0.29) is 5.91 Å². The Balaban J connectivity index is 2.69. The summed E-state index contributed by atoms with van der Waals surface area (Å²) in [6.45, 7) is 4.02. The van der Waals surface area contributed by atoms with E-state index < -0.39 is 6.04 Å². The SMILES string of the molecule is Cc1cc(C)c2c(c1)C(N)C(=O)N2C. The monoisotopic (exact) mass is 190 g/mol. The number of likely N-dealkylation sites (N-methyl/N-ethyl adjacent to an activating group) is 1. The van der Waals surface area contributed by atoms with Crippen molar-refractivity contribution in [1.29, 1.82) is 0 Å². The minimum atomic E-state index is -0.478. The quantitative estimate of drug-likeness (QED) is 0.669. The Morgan fingerprint density at radius 1 is 1.36 bits per heavy atom. The van der Waals surface area contributed by atoms with Crippen molar-refractivity contribution in [3.63, 3.8) is 0 Å². The van der Waals surface area contributed by atoms with Crippen LogP contribution in [0.15, 0.2) is 12.1 Å². The first-order valence-electron chi connectivity index (χ1n) is 4.66. The second-order valence-electron chi connectivity index (χ2n) is 3.89. The van der Waals surface area contributed by atoms with E-state index in [4.69, 9.17) is 5.73 Å². The van der Waals surface area contributed by atoms with Crippen molar-refractivity contribution in [2.75, 3.05) is 11.9 Å². The van der Waals surface area contributed by atoms with E-state index in [1.54, 1.807) is 11.9 Å². The number of hydrogen-bond donors (Lipinski definition) is 1. The highest BCUT2D eigenvalue weighted by molar-refractivity contribution is 6.04. The molecule has 0 fully saturated rings. The summed E-state index contributed by atoms with van der Waals surface area (Å²) >= 11 is 0. The van der Waals surface area contributed by atoms with Crippen LogP contribution in [-0.4, -0.2) is 13.0 Å². The molecular weight excluding hydrogens is 176 g/mol. The molecule has 0 spiro atoms. The Morgan fingerprint density at radius 2 is 2.00 bits per heavy atom. The van der Waals surface area contributed by atoms with Gasteiger partial charge in [-0.05, 0) is 19.4 Å². The molecule has 14 heavy (non-hydrogen) atoms. The van der Waals surface area contributed by atoms with Crippen LogP contribution in [0.5, 0.6) is 0 Å². The summed E-state index contributed by atoms with van der Waals surface area (Å²) in [5, 5.41) is 0. The van der Waals surface area contributed by atoms with Crippen molar-refractivity contribution in [3.05, 3.63) is 28.8 Å². The van der Waals surface area contributed by atoms with Gasteiger partial charge in [0.2, 0.25) is 5.91 Å². The van der Waals surface area contributed by atoms with E-state index in [1.165, 1.54) is 0 Å². The predicted molar refractivity (Wildman–Crippen MR) is 56.3 cm³/mol. The number of nitrogens with two attached hydrogens (primary N) is 1. The summed E-state index contributed by atoms with van der Waals surface area (Å²) in [4.78, 5) is 13.3. The van der Waals surface area contributed by atoms with Crippen LogP contribution in [0.3, 0.4) is 0 Å². The topological polar surface area (TPSA) is 46.3 Å². The molecule has 0 aliphatic carbocycles. The van der Waals surface area contributed by atoms with Crippen molar-refractivity contribution in [3.8, 4) is 0 Å². The zero-order valence-corrected chi connectivity index (χ0v) is 8.66. The molecule has 1 unspecified atom stereocenters. The molecule has 0 saturated heterocycles. The van der Waals surface area contributed by atoms with Gasteiger partial charge in [0, 0.05) is 12.6 Å². The second-order valence-corrected chi connectivity index (χ2v) is 3.89. The maximum atomic E-state index is 11.6. The number of benzene rings is 1. The fourth-order valence-corrected chi connectivity index (χ4v) is 2.14. The standard InChI is InChI=1S/C11H14N2O/c1-6-4-7(2)10-8(5-6)9(12)11(14)13(10)3/h4-5,9H,12H2,1-3H3. The molecule has 1 heterocycles. The van der Waals surface area contributed by atoms with Gasteiger partial charge in [0.1, 0.15) is 6.04 Å². The fraction of sp³-hybridized carbons (Fsp3) is 0.364. The smallest absolute Gasteiger partial charge is 0.248 e. The van der Waals surface area contributed by atoms with Gasteiger partial charge in [0.15, 0.2) is 0 Å². The summed E-state index contributed by atoms with van der Waals surface area (Å²) in [7, 11) is 1.77. The molecule has 0 radical (unpaired) electrons. The minimum Gasteiger partial charge on any atom is -0.316 e. The lowest BCUT2D eigenvalue weighted by molar-refractivity contribution is -0.118. The average molecular weight is 190 g/mol. The Bertz CT molecular complexity index is 412. The Morgan fingerprint density at radius 3 is 2.64 bits per heavy atom. The molecule has 0 aromatic heterocycles. The number of carbonyl (C=O) groups excluding carboxylic acids is 1. The number of aryl methyl sites for hydroxylation is 2. The van der Waals surface area contributed by atoms with Crippen molar-refractivity contribution >= 4 is 11.6 Å². The molecule has 1 aliphatic heterocycles. The van der Waals surface area contributed by atoms with Gasteiger partial charge in [-0.25, -0.2) is 0 Å². The fourth-order valence-electron chi connectivity index (χ4n) is 2.14. The van der Waals surface area contributed by atoms with Crippen molar-refractivity contribution in [2.24, 2.45) is 5.73 Å². The molecule has 74 valence electrons. The summed E-state index contributed by atoms with van der Waals surface area (Å²) in [5.41, 5.74) is 10.0. The minimum absolute atomic E-state index is 0.0197. The summed E-state index contributed by atoms with van der Waals surface area (Å²) in [5.74, 6) is -0.0197. The number of rotatable bonds is 0. The maximum Gasteiger partial charge on any atom is 0.248 e. The van der Waals surface area contributed by atoms with Crippen molar-refractivity contribution in [1.82, 2.24) is 0 Å². The first-order valence-corrected chi connectivity index (χ1v) is 4.66. The van der Waals surface area contributed by atoms with Gasteiger partial charge in [0.05, 0.1) is 5.69 Å². The molecule has 1 aromatic rings. The lowest BCUT2D eigenvalue weighted by Gasteiger charge is -2.13. The third kappa shape index (κ3) is 1.06. The molecule has 3 heteroatoms. The summed E-state index contributed by atoms with van der Waals surface area (Å²) in [6.07, 6.45) is 0. The van der Waals surface area contributed by atoms with Gasteiger partial charge in [-0.1, -0.05) is 17.7 Å². The van der Waals surface area contributed by atoms with Crippen molar-refractivity contribution in [2.45, 2.75) is 19.9 Å². The lowest BCUT2D eigenvalue weighted by Crippen LogP contribution is -2.28. The van der Waals surface area contributed by atoms with Gasteiger partial charge in [-0.2, -0.15) is 0 Å². The van der Waals surface area contributed by atoms with Gasteiger partial charge in [-0.15, -0.1) is 0 Å². The van der Waals surface area contributed by atoms with Crippen LogP contribution >= 0.6 is 0 Å². The number of nitrogens with zero attached hydrogens (tertiary/aromatic N) is 1. The third-order valence-electron chi connectivity index (χ3n) is 2.74. The molecule has 1 aromatic carbocycles. The first-order chi connectivity index (χ1) is 6.52. The van der Waals surface area contributed by atoms with Crippen LogP contribution in [0.2, 0.25) is 0 Å². The molecule has 1 atom stereocenters. The third-order valence-corrected chi connectivity index (χ3v) is 2.74. The molecular formula is C11H14N2O. The second kappa shape index (κ2) is 2.82. The van der Waals surface area contributed by atoms with E-state index in [0.29, 0.717) is 0 Å². The van der Waals surface area contributed by atoms with E-state index in [1.807, 2.05) is 19.9 Å². The molecule has 0 saturated carbocycles. The van der Waals surface area contributed by atoms with Crippen LogP contribution in [0.4, 0.5) is 5.69 Å². The van der Waals surface area contributed by atoms with Gasteiger partial charge in [-0.3, -0.25) is 4.79 Å². The van der Waals surface area contributed by atoms with Crippen LogP contribution in [0, 0.1) is 13.8 Å². The Labute approximate surface area is 83.5 Å². The highest BCUT2D eigenvalue weighted by Crippen LogP contribution is 2.36. The van der Waals surface area contributed by atoms with Crippen LogP contribution < -0.4 is 10.6 Å². The molecule has 1 aliphatic rings. The highest BCUT2D eigenvalue weighted by atomic mass is 16.2. The zero-order chi connectivity index (χ0) is 10.5. The molecule has 0 bridgehead atoms. The van der Waals surface area contributed by atoms with Crippen molar-refractivity contribution < 1.29 is 4.79 Å². The van der Waals surface area contributed by atoms with E-state index in [9.17, 15) is 4.79 Å². The van der Waals surface area contributed by atoms with Crippen LogP contribution in [0.1, 0.15) is 22.7 Å². The molecule has 2 N–H and O–H groups in total. The maximum absolute atomic E-state index is 11.6. The van der Waals surface area contributed by atoms with E-state index >= 15 is 0 Å². The van der Waals surface area contributed by atoms with E-state index in [2.05, 4.69) is 6.07 Å². The Kier molecular flexibility index (Phi) is 1.86. The van der Waals surface area contributed by atoms with Crippen LogP contribution in [-0.2, 0) is 4.79 Å². The molecule has 3 nitrogen and oxygen atoms in total. The predicted octanol–water partition coefficient (Wildman–Crippen LogP) is 1.28. The van der Waals surface area contributed by atoms with E-state index in [0.717, 1.165) is 22.4 Å². The average Bonchev–Trinajstić information content (AvgIpc) is 2.31. The zero-order valence-electron chi connectivity index (χ0n) is 8.66. The molecule has 1 amide bonds. The van der Waals surface area contributed by atoms with Crippen LogP contribution in [0.25, 0.3) is 0 Å². The molecule has 2 rings (SSSR count). The summed E-state index contributed by atoms with van der Waals surface area (Å²) in [6, 6.07) is 3.59. The number of carbonyl (C=O) groups is 1. The van der Waals surface area contributed by atoms with Gasteiger partial charge < -0.3 is 10.6 Å². The first kappa shape index (κ1) is 9.21. The normalized spacial score (nSPS) is 20.1. The number of amides is 1. The largest absolute Gasteiger partial charge is 0.316 e. The lowest BCUT2D eigenvalue weighted by atomic mass is 10.0. The summed E-state index contributed by atoms with van der Waals surface area (Å²) < 4.78 is 0. The van der Waals surface area contributed by atoms with Gasteiger partial charge >= 0.3 is 0 Å². The number of fused-ring (bicyclic) bond motifs is 1.